The van der Waals surface area contributed by atoms with Crippen LogP contribution >= 0.6 is 11.8 Å². The Morgan fingerprint density at radius 3 is 3.20 bits per heavy atom. The highest BCUT2D eigenvalue weighted by atomic mass is 32.2. The van der Waals surface area contributed by atoms with E-state index in [1.807, 2.05) is 16.8 Å². The molecule has 0 saturated carbocycles. The number of nitrogens with zero attached hydrogens (tertiary/aromatic N) is 4. The van der Waals surface area contributed by atoms with Gasteiger partial charge in [-0.1, -0.05) is 11.8 Å². The molecule has 2 saturated heterocycles. The van der Waals surface area contributed by atoms with Gasteiger partial charge in [0.15, 0.2) is 11.6 Å². The van der Waals surface area contributed by atoms with Gasteiger partial charge in [0.1, 0.15) is 0 Å². The highest BCUT2D eigenvalue weighted by molar-refractivity contribution is 7.99. The molecule has 2 aliphatic heterocycles. The third-order valence-electron chi connectivity index (χ3n) is 4.92. The number of likely N-dealkylation sites (tertiary alicyclic amines) is 2. The molecular formula is C16H19N5O3S. The second-order valence-electron chi connectivity index (χ2n) is 6.40. The van der Waals surface area contributed by atoms with Crippen LogP contribution in [0.2, 0.25) is 0 Å². The molecular weight excluding hydrogens is 342 g/mol. The minimum absolute atomic E-state index is 0.0646. The summed E-state index contributed by atoms with van der Waals surface area (Å²) in [6, 6.07) is 3.86. The van der Waals surface area contributed by atoms with Crippen LogP contribution in [0.5, 0.6) is 0 Å². The number of H-pyrrole nitrogens is 1. The van der Waals surface area contributed by atoms with Crippen molar-refractivity contribution in [3.8, 4) is 11.6 Å². The van der Waals surface area contributed by atoms with Gasteiger partial charge in [0.05, 0.1) is 12.0 Å². The fourth-order valence-corrected chi connectivity index (χ4v) is 4.26. The van der Waals surface area contributed by atoms with Crippen LogP contribution in [-0.4, -0.2) is 68.7 Å². The standard InChI is InChI=1S/C16H19N5O3S/c1-20-11-4-5-21(8-10(11)7-13(20)22)14(23)9-25-16-17-15(18-19-16)12-3-2-6-24-12/h2-3,6,10-11H,4-5,7-9H2,1H3,(H,17,18,19)/t10-,11+/m1/s1. The minimum atomic E-state index is 0.0646. The van der Waals surface area contributed by atoms with Gasteiger partial charge in [-0.2, -0.15) is 4.98 Å². The molecule has 2 atom stereocenters. The number of furan rings is 1. The van der Waals surface area contributed by atoms with Crippen LogP contribution in [0.15, 0.2) is 28.0 Å². The Morgan fingerprint density at radius 2 is 2.40 bits per heavy atom. The molecule has 8 nitrogen and oxygen atoms in total. The average molecular weight is 361 g/mol. The first-order valence-electron chi connectivity index (χ1n) is 8.24. The van der Waals surface area contributed by atoms with E-state index >= 15 is 0 Å². The van der Waals surface area contributed by atoms with Crippen molar-refractivity contribution in [3.05, 3.63) is 18.4 Å². The summed E-state index contributed by atoms with van der Waals surface area (Å²) in [5.74, 6) is 1.96. The molecule has 2 aromatic rings. The normalized spacial score (nSPS) is 23.2. The van der Waals surface area contributed by atoms with Crippen molar-refractivity contribution in [2.24, 2.45) is 5.92 Å². The van der Waals surface area contributed by atoms with Crippen molar-refractivity contribution in [1.82, 2.24) is 25.0 Å². The van der Waals surface area contributed by atoms with Gasteiger partial charge in [-0.15, -0.1) is 5.10 Å². The number of piperidine rings is 1. The second-order valence-corrected chi connectivity index (χ2v) is 7.34. The molecule has 4 rings (SSSR count). The van der Waals surface area contributed by atoms with E-state index in [9.17, 15) is 9.59 Å². The molecule has 2 amide bonds. The lowest BCUT2D eigenvalue weighted by atomic mass is 9.93. The molecule has 132 valence electrons. The van der Waals surface area contributed by atoms with E-state index in [-0.39, 0.29) is 29.5 Å². The molecule has 2 fully saturated rings. The number of carbonyl (C=O) groups is 2. The van der Waals surface area contributed by atoms with E-state index in [1.165, 1.54) is 11.8 Å². The van der Waals surface area contributed by atoms with Crippen molar-refractivity contribution >= 4 is 23.6 Å². The second kappa shape index (κ2) is 6.55. The summed E-state index contributed by atoms with van der Waals surface area (Å²) in [6.45, 7) is 1.36. The quantitative estimate of drug-likeness (QED) is 0.823. The molecule has 1 N–H and O–H groups in total. The average Bonchev–Trinajstić information content (AvgIpc) is 3.34. The number of amides is 2. The Bertz CT molecular complexity index is 775. The zero-order chi connectivity index (χ0) is 17.4. The lowest BCUT2D eigenvalue weighted by Gasteiger charge is -2.36. The van der Waals surface area contributed by atoms with Crippen LogP contribution in [0, 0.1) is 5.92 Å². The Morgan fingerprint density at radius 1 is 1.52 bits per heavy atom. The maximum atomic E-state index is 12.5. The molecule has 2 aliphatic rings. The summed E-state index contributed by atoms with van der Waals surface area (Å²) in [4.78, 5) is 32.3. The van der Waals surface area contributed by atoms with Gasteiger partial charge in [-0.3, -0.25) is 14.7 Å². The summed E-state index contributed by atoms with van der Waals surface area (Å²) in [6.07, 6.45) is 2.97. The number of aromatic amines is 1. The van der Waals surface area contributed by atoms with E-state index in [0.29, 0.717) is 36.3 Å². The Kier molecular flexibility index (Phi) is 4.24. The predicted octanol–water partition coefficient (Wildman–Crippen LogP) is 1.24. The Labute approximate surface area is 149 Å². The summed E-state index contributed by atoms with van der Waals surface area (Å²) in [7, 11) is 1.86. The highest BCUT2D eigenvalue weighted by Gasteiger charge is 2.41. The minimum Gasteiger partial charge on any atom is -0.461 e. The summed E-state index contributed by atoms with van der Waals surface area (Å²) >= 11 is 1.30. The van der Waals surface area contributed by atoms with Crippen molar-refractivity contribution < 1.29 is 14.0 Å². The maximum Gasteiger partial charge on any atom is 0.233 e. The third-order valence-corrected chi connectivity index (χ3v) is 5.75. The first-order valence-corrected chi connectivity index (χ1v) is 9.23. The number of hydrogen-bond donors (Lipinski definition) is 1. The molecule has 0 aliphatic carbocycles. The molecule has 9 heteroatoms. The van der Waals surface area contributed by atoms with Crippen molar-refractivity contribution in [1.29, 1.82) is 0 Å². The van der Waals surface area contributed by atoms with Crippen molar-refractivity contribution in [2.75, 3.05) is 25.9 Å². The summed E-state index contributed by atoms with van der Waals surface area (Å²) in [5, 5.41) is 7.43. The van der Waals surface area contributed by atoms with Crippen LogP contribution in [-0.2, 0) is 9.59 Å². The number of hydrogen-bond acceptors (Lipinski definition) is 6. The molecule has 0 radical (unpaired) electrons. The molecule has 0 unspecified atom stereocenters. The van der Waals surface area contributed by atoms with Crippen LogP contribution < -0.4 is 0 Å². The van der Waals surface area contributed by atoms with E-state index in [0.717, 1.165) is 6.42 Å². The molecule has 25 heavy (non-hydrogen) atoms. The van der Waals surface area contributed by atoms with E-state index in [4.69, 9.17) is 4.42 Å². The maximum absolute atomic E-state index is 12.5. The first kappa shape index (κ1) is 16.2. The fraction of sp³-hybridized carbons (Fsp3) is 0.500. The molecule has 0 bridgehead atoms. The number of rotatable bonds is 4. The van der Waals surface area contributed by atoms with Gasteiger partial charge < -0.3 is 14.2 Å². The van der Waals surface area contributed by atoms with Gasteiger partial charge in [0, 0.05) is 38.5 Å². The van der Waals surface area contributed by atoms with Gasteiger partial charge in [-0.25, -0.2) is 0 Å². The van der Waals surface area contributed by atoms with Crippen LogP contribution in [0.3, 0.4) is 0 Å². The SMILES string of the molecule is CN1C(=O)C[C@@H]2CN(C(=O)CSc3n[nH]c(-c4ccco4)n3)CC[C@@H]21. The Balaban J connectivity index is 1.32. The molecule has 0 spiro atoms. The number of fused-ring (bicyclic) bond motifs is 1. The van der Waals surface area contributed by atoms with E-state index in [2.05, 4.69) is 15.2 Å². The van der Waals surface area contributed by atoms with Crippen LogP contribution in [0.1, 0.15) is 12.8 Å². The molecule has 0 aromatic carbocycles. The van der Waals surface area contributed by atoms with Gasteiger partial charge >= 0.3 is 0 Å². The van der Waals surface area contributed by atoms with E-state index < -0.39 is 0 Å². The number of nitrogens with one attached hydrogen (secondary N) is 1. The van der Waals surface area contributed by atoms with Gasteiger partial charge in [0.2, 0.25) is 17.0 Å². The topological polar surface area (TPSA) is 95.3 Å². The predicted molar refractivity (Wildman–Crippen MR) is 90.7 cm³/mol. The third kappa shape index (κ3) is 3.15. The zero-order valence-corrected chi connectivity index (χ0v) is 14.7. The number of thioether (sulfide) groups is 1. The lowest BCUT2D eigenvalue weighted by Crippen LogP contribution is -2.48. The Hall–Kier alpha value is -2.29. The van der Waals surface area contributed by atoms with E-state index in [1.54, 1.807) is 18.4 Å². The smallest absolute Gasteiger partial charge is 0.233 e. The monoisotopic (exact) mass is 361 g/mol. The largest absolute Gasteiger partial charge is 0.461 e. The lowest BCUT2D eigenvalue weighted by molar-refractivity contribution is -0.130. The van der Waals surface area contributed by atoms with Gasteiger partial charge in [-0.05, 0) is 18.6 Å². The van der Waals surface area contributed by atoms with Crippen LogP contribution in [0.4, 0.5) is 0 Å². The zero-order valence-electron chi connectivity index (χ0n) is 13.8. The highest BCUT2D eigenvalue weighted by Crippen LogP contribution is 2.31. The van der Waals surface area contributed by atoms with Crippen molar-refractivity contribution in [3.63, 3.8) is 0 Å². The fourth-order valence-electron chi connectivity index (χ4n) is 3.56. The number of aromatic nitrogens is 3. The van der Waals surface area contributed by atoms with Crippen molar-refractivity contribution in [2.45, 2.75) is 24.0 Å². The first-order chi connectivity index (χ1) is 12.1. The molecule has 2 aromatic heterocycles. The summed E-state index contributed by atoms with van der Waals surface area (Å²) in [5.41, 5.74) is 0. The van der Waals surface area contributed by atoms with Gasteiger partial charge in [0.25, 0.3) is 0 Å². The summed E-state index contributed by atoms with van der Waals surface area (Å²) < 4.78 is 5.26. The number of carbonyl (C=O) groups excluding carboxylic acids is 2. The molecule has 4 heterocycles. The van der Waals surface area contributed by atoms with Crippen LogP contribution in [0.25, 0.3) is 11.6 Å².